The number of rotatable bonds is 3. The van der Waals surface area contributed by atoms with Gasteiger partial charge >= 0.3 is 0 Å². The second kappa shape index (κ2) is 5.14. The van der Waals surface area contributed by atoms with Crippen molar-refractivity contribution in [2.45, 2.75) is 23.4 Å². The first kappa shape index (κ1) is 11.2. The van der Waals surface area contributed by atoms with Crippen molar-refractivity contribution >= 4 is 11.8 Å². The van der Waals surface area contributed by atoms with Crippen LogP contribution in [0.4, 0.5) is 0 Å². The summed E-state index contributed by atoms with van der Waals surface area (Å²) in [5, 5.41) is 0.992. The van der Waals surface area contributed by atoms with E-state index in [0.717, 1.165) is 10.7 Å². The number of benzene rings is 1. The molecule has 0 bridgehead atoms. The van der Waals surface area contributed by atoms with Crippen molar-refractivity contribution in [2.24, 2.45) is 5.73 Å². The normalized spacial score (nSPS) is 10.4. The average molecular weight is 230 g/mol. The maximum atomic E-state index is 5.56. The predicted octanol–water partition coefficient (Wildman–Crippen LogP) is 3.00. The Bertz CT molecular complexity index is 466. The second-order valence-electron chi connectivity index (χ2n) is 3.59. The lowest BCUT2D eigenvalue weighted by Crippen LogP contribution is -1.99. The molecule has 2 N–H and O–H groups in total. The zero-order valence-electron chi connectivity index (χ0n) is 9.18. The number of pyridine rings is 1. The fourth-order valence-corrected chi connectivity index (χ4v) is 2.18. The number of hydrogen-bond acceptors (Lipinski definition) is 3. The Balaban J connectivity index is 2.16. The van der Waals surface area contributed by atoms with Gasteiger partial charge in [-0.2, -0.15) is 0 Å². The molecular formula is C13H14N2S. The third-order valence-corrected chi connectivity index (χ3v) is 3.18. The fraction of sp³-hybridized carbons (Fsp3) is 0.154. The molecule has 2 aromatic rings. The lowest BCUT2D eigenvalue weighted by Gasteiger charge is -2.03. The molecule has 3 heteroatoms. The predicted molar refractivity (Wildman–Crippen MR) is 67.4 cm³/mol. The Morgan fingerprint density at radius 3 is 2.56 bits per heavy atom. The van der Waals surface area contributed by atoms with Gasteiger partial charge in [0.05, 0.1) is 5.69 Å². The molecule has 16 heavy (non-hydrogen) atoms. The summed E-state index contributed by atoms with van der Waals surface area (Å²) in [6.45, 7) is 2.57. The van der Waals surface area contributed by atoms with Crippen LogP contribution < -0.4 is 5.73 Å². The van der Waals surface area contributed by atoms with Crippen LogP contribution >= 0.6 is 11.8 Å². The molecule has 0 saturated carbocycles. The van der Waals surface area contributed by atoms with Gasteiger partial charge in [0.25, 0.3) is 0 Å². The van der Waals surface area contributed by atoms with Gasteiger partial charge in [-0.25, -0.2) is 4.98 Å². The molecule has 2 nitrogen and oxygen atoms in total. The van der Waals surface area contributed by atoms with Crippen LogP contribution in [-0.2, 0) is 6.54 Å². The monoisotopic (exact) mass is 230 g/mol. The van der Waals surface area contributed by atoms with Gasteiger partial charge in [0.2, 0.25) is 0 Å². The third kappa shape index (κ3) is 2.84. The second-order valence-corrected chi connectivity index (χ2v) is 4.68. The molecule has 0 aliphatic heterocycles. The molecule has 0 unspecified atom stereocenters. The van der Waals surface area contributed by atoms with Crippen molar-refractivity contribution in [3.8, 4) is 0 Å². The van der Waals surface area contributed by atoms with Crippen LogP contribution in [0, 0.1) is 6.92 Å². The Labute approximate surface area is 99.9 Å². The minimum absolute atomic E-state index is 0.488. The van der Waals surface area contributed by atoms with Gasteiger partial charge in [-0.05, 0) is 31.2 Å². The van der Waals surface area contributed by atoms with Crippen LogP contribution in [0.25, 0.3) is 0 Å². The van der Waals surface area contributed by atoms with E-state index >= 15 is 0 Å². The van der Waals surface area contributed by atoms with Crippen LogP contribution in [0.5, 0.6) is 0 Å². The van der Waals surface area contributed by atoms with Gasteiger partial charge in [0.15, 0.2) is 0 Å². The van der Waals surface area contributed by atoms with Crippen molar-refractivity contribution in [2.75, 3.05) is 0 Å². The van der Waals surface area contributed by atoms with E-state index in [1.54, 1.807) is 11.8 Å². The number of aromatic nitrogens is 1. The van der Waals surface area contributed by atoms with Gasteiger partial charge in [-0.15, -0.1) is 0 Å². The first-order valence-corrected chi connectivity index (χ1v) is 6.00. The lowest BCUT2D eigenvalue weighted by atomic mass is 10.2. The quantitative estimate of drug-likeness (QED) is 0.881. The van der Waals surface area contributed by atoms with Crippen LogP contribution in [0.3, 0.4) is 0 Å². The topological polar surface area (TPSA) is 38.9 Å². The van der Waals surface area contributed by atoms with E-state index in [0.29, 0.717) is 6.54 Å². The van der Waals surface area contributed by atoms with Crippen molar-refractivity contribution < 1.29 is 0 Å². The largest absolute Gasteiger partial charge is 0.325 e. The maximum Gasteiger partial charge on any atom is 0.101 e. The van der Waals surface area contributed by atoms with E-state index in [4.69, 9.17) is 5.73 Å². The van der Waals surface area contributed by atoms with Crippen molar-refractivity contribution in [1.29, 1.82) is 0 Å². The molecule has 1 heterocycles. The summed E-state index contributed by atoms with van der Waals surface area (Å²) in [6.07, 6.45) is 0. The summed E-state index contributed by atoms with van der Waals surface area (Å²) in [5.74, 6) is 0. The van der Waals surface area contributed by atoms with Gasteiger partial charge in [-0.3, -0.25) is 0 Å². The Morgan fingerprint density at radius 1 is 1.12 bits per heavy atom. The number of nitrogens with two attached hydrogens (primary N) is 1. The summed E-state index contributed by atoms with van der Waals surface area (Å²) < 4.78 is 0. The Morgan fingerprint density at radius 2 is 1.88 bits per heavy atom. The molecule has 0 amide bonds. The molecule has 0 fully saturated rings. The lowest BCUT2D eigenvalue weighted by molar-refractivity contribution is 0.942. The Hall–Kier alpha value is -1.32. The SMILES string of the molecule is Cc1ccc(Sc2cccc(CN)n2)cc1. The number of nitrogens with zero attached hydrogens (tertiary/aromatic N) is 1. The minimum Gasteiger partial charge on any atom is -0.325 e. The minimum atomic E-state index is 0.488. The summed E-state index contributed by atoms with van der Waals surface area (Å²) in [5.41, 5.74) is 7.76. The van der Waals surface area contributed by atoms with Gasteiger partial charge in [0.1, 0.15) is 5.03 Å². The smallest absolute Gasteiger partial charge is 0.101 e. The summed E-state index contributed by atoms with van der Waals surface area (Å²) in [6, 6.07) is 14.4. The number of aryl methyl sites for hydroxylation is 1. The first-order chi connectivity index (χ1) is 7.78. The molecule has 0 saturated heterocycles. The van der Waals surface area contributed by atoms with Crippen LogP contribution in [0.1, 0.15) is 11.3 Å². The van der Waals surface area contributed by atoms with Gasteiger partial charge in [0, 0.05) is 11.4 Å². The molecule has 1 aromatic carbocycles. The standard InChI is InChI=1S/C13H14N2S/c1-10-5-7-12(8-6-10)16-13-4-2-3-11(9-14)15-13/h2-8H,9,14H2,1H3. The van der Waals surface area contributed by atoms with E-state index in [2.05, 4.69) is 36.2 Å². The summed E-state index contributed by atoms with van der Waals surface area (Å²) in [7, 11) is 0. The molecule has 1 aromatic heterocycles. The van der Waals surface area contributed by atoms with Gasteiger partial charge < -0.3 is 5.73 Å². The Kier molecular flexibility index (Phi) is 3.59. The molecule has 82 valence electrons. The highest BCUT2D eigenvalue weighted by Crippen LogP contribution is 2.25. The molecular weight excluding hydrogens is 216 g/mol. The summed E-state index contributed by atoms with van der Waals surface area (Å²) >= 11 is 1.66. The van der Waals surface area contributed by atoms with E-state index in [-0.39, 0.29) is 0 Å². The van der Waals surface area contributed by atoms with Crippen LogP contribution in [0.15, 0.2) is 52.4 Å². The van der Waals surface area contributed by atoms with Crippen molar-refractivity contribution in [1.82, 2.24) is 4.98 Å². The molecule has 0 radical (unpaired) electrons. The molecule has 0 aliphatic rings. The maximum absolute atomic E-state index is 5.56. The molecule has 0 atom stereocenters. The zero-order valence-corrected chi connectivity index (χ0v) is 10.00. The first-order valence-electron chi connectivity index (χ1n) is 5.18. The highest BCUT2D eigenvalue weighted by molar-refractivity contribution is 7.99. The zero-order chi connectivity index (χ0) is 11.4. The fourth-order valence-electron chi connectivity index (χ4n) is 1.36. The summed E-state index contributed by atoms with van der Waals surface area (Å²) in [4.78, 5) is 5.65. The van der Waals surface area contributed by atoms with Crippen molar-refractivity contribution in [3.05, 3.63) is 53.7 Å². The van der Waals surface area contributed by atoms with E-state index in [1.807, 2.05) is 18.2 Å². The van der Waals surface area contributed by atoms with Crippen molar-refractivity contribution in [3.63, 3.8) is 0 Å². The van der Waals surface area contributed by atoms with Crippen LogP contribution in [0.2, 0.25) is 0 Å². The average Bonchev–Trinajstić information content (AvgIpc) is 2.32. The molecule has 0 spiro atoms. The van der Waals surface area contributed by atoms with Crippen LogP contribution in [-0.4, -0.2) is 4.98 Å². The van der Waals surface area contributed by atoms with E-state index in [9.17, 15) is 0 Å². The van der Waals surface area contributed by atoms with Gasteiger partial charge in [-0.1, -0.05) is 35.5 Å². The third-order valence-electron chi connectivity index (χ3n) is 2.23. The van der Waals surface area contributed by atoms with E-state index < -0.39 is 0 Å². The number of hydrogen-bond donors (Lipinski definition) is 1. The highest BCUT2D eigenvalue weighted by atomic mass is 32.2. The highest BCUT2D eigenvalue weighted by Gasteiger charge is 1.99. The van der Waals surface area contributed by atoms with E-state index in [1.165, 1.54) is 10.5 Å². The molecule has 2 rings (SSSR count). The molecule has 0 aliphatic carbocycles.